The second-order valence-electron chi connectivity index (χ2n) is 3.45. The number of benzene rings is 1. The molecule has 4 heteroatoms. The fourth-order valence-electron chi connectivity index (χ4n) is 1.36. The van der Waals surface area contributed by atoms with Crippen LogP contribution in [0.5, 0.6) is 5.75 Å². The highest BCUT2D eigenvalue weighted by Gasteiger charge is 2.01. The zero-order valence-electron chi connectivity index (χ0n) is 9.65. The van der Waals surface area contributed by atoms with Crippen LogP contribution < -0.4 is 10.5 Å². The lowest BCUT2D eigenvalue weighted by atomic mass is 10.2. The van der Waals surface area contributed by atoms with E-state index in [1.54, 1.807) is 7.11 Å². The Morgan fingerprint density at radius 1 is 1.35 bits per heavy atom. The zero-order valence-corrected chi connectivity index (χ0v) is 10.5. The smallest absolute Gasteiger partial charge is 0.181 e. The van der Waals surface area contributed by atoms with E-state index in [-0.39, 0.29) is 0 Å². The molecule has 0 radical (unpaired) electrons. The maximum absolute atomic E-state index is 5.61. The second kappa shape index (κ2) is 4.89. The van der Waals surface area contributed by atoms with Crippen LogP contribution in [0, 0.1) is 18.8 Å². The van der Waals surface area contributed by atoms with Crippen LogP contribution in [0.3, 0.4) is 0 Å². The van der Waals surface area contributed by atoms with Gasteiger partial charge in [-0.1, -0.05) is 23.3 Å². The number of nitrogens with two attached hydrogens (primary N) is 1. The molecule has 17 heavy (non-hydrogen) atoms. The number of nitrogen functional groups attached to an aromatic ring is 1. The van der Waals surface area contributed by atoms with E-state index < -0.39 is 0 Å². The molecule has 0 amide bonds. The van der Waals surface area contributed by atoms with E-state index in [1.807, 2.05) is 31.2 Å². The number of aromatic nitrogens is 1. The second-order valence-corrected chi connectivity index (χ2v) is 4.48. The largest absolute Gasteiger partial charge is 0.497 e. The van der Waals surface area contributed by atoms with Gasteiger partial charge in [0.05, 0.1) is 12.8 Å². The minimum absolute atomic E-state index is 0.553. The highest BCUT2D eigenvalue weighted by molar-refractivity contribution is 7.16. The molecule has 0 unspecified atom stereocenters. The van der Waals surface area contributed by atoms with Crippen molar-refractivity contribution in [2.45, 2.75) is 6.92 Å². The molecule has 0 saturated carbocycles. The molecule has 86 valence electrons. The minimum Gasteiger partial charge on any atom is -0.497 e. The standard InChI is InChI=1S/C13H12N2OS/c1-9-12(17-13(14)15-9)7-6-10-4-3-5-11(8-10)16-2/h3-5,8H,1-2H3,(H2,14,15). The third-order valence-electron chi connectivity index (χ3n) is 2.20. The molecule has 0 aliphatic heterocycles. The van der Waals surface area contributed by atoms with Gasteiger partial charge in [0, 0.05) is 5.56 Å². The first kappa shape index (κ1) is 11.5. The Hall–Kier alpha value is -1.99. The maximum atomic E-state index is 5.61. The number of anilines is 1. The van der Waals surface area contributed by atoms with Crippen molar-refractivity contribution in [1.29, 1.82) is 0 Å². The van der Waals surface area contributed by atoms with Crippen LogP contribution >= 0.6 is 11.3 Å². The van der Waals surface area contributed by atoms with E-state index in [9.17, 15) is 0 Å². The fraction of sp³-hybridized carbons (Fsp3) is 0.154. The Bertz CT molecular complexity index is 593. The lowest BCUT2D eigenvalue weighted by Gasteiger charge is -1.97. The summed E-state index contributed by atoms with van der Waals surface area (Å²) >= 11 is 1.41. The normalized spacial score (nSPS) is 9.53. The van der Waals surface area contributed by atoms with Gasteiger partial charge in [-0.05, 0) is 31.0 Å². The van der Waals surface area contributed by atoms with Crippen LogP contribution in [-0.2, 0) is 0 Å². The average Bonchev–Trinajstić information content (AvgIpc) is 2.65. The lowest BCUT2D eigenvalue weighted by molar-refractivity contribution is 0.414. The molecule has 3 nitrogen and oxygen atoms in total. The zero-order chi connectivity index (χ0) is 12.3. The van der Waals surface area contributed by atoms with Crippen molar-refractivity contribution in [3.05, 3.63) is 40.4 Å². The summed E-state index contributed by atoms with van der Waals surface area (Å²) in [7, 11) is 1.64. The molecule has 0 fully saturated rings. The van der Waals surface area contributed by atoms with Gasteiger partial charge >= 0.3 is 0 Å². The van der Waals surface area contributed by atoms with Gasteiger partial charge in [0.15, 0.2) is 5.13 Å². The van der Waals surface area contributed by atoms with Gasteiger partial charge in [0.2, 0.25) is 0 Å². The van der Waals surface area contributed by atoms with Gasteiger partial charge in [-0.15, -0.1) is 0 Å². The highest BCUT2D eigenvalue weighted by Crippen LogP contribution is 2.18. The molecule has 2 N–H and O–H groups in total. The Morgan fingerprint density at radius 2 is 2.18 bits per heavy atom. The summed E-state index contributed by atoms with van der Waals surface area (Å²) in [5.74, 6) is 6.95. The number of hydrogen-bond donors (Lipinski definition) is 1. The van der Waals surface area contributed by atoms with Gasteiger partial charge < -0.3 is 10.5 Å². The third-order valence-corrected chi connectivity index (χ3v) is 3.11. The Labute approximate surface area is 104 Å². The van der Waals surface area contributed by atoms with Crippen LogP contribution in [0.25, 0.3) is 0 Å². The summed E-state index contributed by atoms with van der Waals surface area (Å²) in [6.07, 6.45) is 0. The molecular weight excluding hydrogens is 232 g/mol. The first-order valence-electron chi connectivity index (χ1n) is 5.08. The molecule has 1 heterocycles. The quantitative estimate of drug-likeness (QED) is 0.784. The van der Waals surface area contributed by atoms with Crippen molar-refractivity contribution in [1.82, 2.24) is 4.98 Å². The molecule has 0 atom stereocenters. The number of ether oxygens (including phenoxy) is 1. The van der Waals surface area contributed by atoms with E-state index in [0.29, 0.717) is 5.13 Å². The van der Waals surface area contributed by atoms with Gasteiger partial charge in [0.25, 0.3) is 0 Å². The van der Waals surface area contributed by atoms with Crippen LogP contribution in [0.15, 0.2) is 24.3 Å². The summed E-state index contributed by atoms with van der Waals surface area (Å²) in [6, 6.07) is 7.64. The topological polar surface area (TPSA) is 48.1 Å². The molecule has 0 saturated heterocycles. The van der Waals surface area contributed by atoms with Crippen molar-refractivity contribution < 1.29 is 4.74 Å². The number of nitrogens with zero attached hydrogens (tertiary/aromatic N) is 1. The predicted octanol–water partition coefficient (Wildman–Crippen LogP) is 2.44. The van der Waals surface area contributed by atoms with E-state index in [2.05, 4.69) is 16.8 Å². The summed E-state index contributed by atoms with van der Waals surface area (Å²) in [4.78, 5) is 5.03. The van der Waals surface area contributed by atoms with Crippen LogP contribution in [0.1, 0.15) is 16.1 Å². The van der Waals surface area contributed by atoms with Gasteiger partial charge in [0.1, 0.15) is 10.6 Å². The molecule has 0 bridgehead atoms. The molecule has 2 aromatic rings. The van der Waals surface area contributed by atoms with Gasteiger partial charge in [-0.2, -0.15) is 0 Å². The van der Waals surface area contributed by atoms with Gasteiger partial charge in [-0.25, -0.2) is 4.98 Å². The van der Waals surface area contributed by atoms with E-state index >= 15 is 0 Å². The Balaban J connectivity index is 2.29. The number of thiazole rings is 1. The van der Waals surface area contributed by atoms with E-state index in [1.165, 1.54) is 11.3 Å². The minimum atomic E-state index is 0.553. The maximum Gasteiger partial charge on any atom is 0.181 e. The SMILES string of the molecule is COc1cccc(C#Cc2sc(N)nc2C)c1. The molecule has 2 rings (SSSR count). The summed E-state index contributed by atoms with van der Waals surface area (Å²) in [5, 5.41) is 0.553. The molecule has 1 aromatic heterocycles. The van der Waals surface area contributed by atoms with Crippen molar-refractivity contribution >= 4 is 16.5 Å². The fourth-order valence-corrected chi connectivity index (χ4v) is 2.05. The van der Waals surface area contributed by atoms with E-state index in [4.69, 9.17) is 10.5 Å². The molecule has 0 aliphatic rings. The van der Waals surface area contributed by atoms with E-state index in [0.717, 1.165) is 21.9 Å². The summed E-state index contributed by atoms with van der Waals surface area (Å²) in [6.45, 7) is 1.91. The van der Waals surface area contributed by atoms with Crippen molar-refractivity contribution in [3.63, 3.8) is 0 Å². The third kappa shape index (κ3) is 2.77. The van der Waals surface area contributed by atoms with Crippen LogP contribution in [0.4, 0.5) is 5.13 Å². The van der Waals surface area contributed by atoms with Crippen molar-refractivity contribution in [3.8, 4) is 17.6 Å². The van der Waals surface area contributed by atoms with Crippen LogP contribution in [0.2, 0.25) is 0 Å². The number of aryl methyl sites for hydroxylation is 1. The number of rotatable bonds is 1. The summed E-state index contributed by atoms with van der Waals surface area (Å²) in [5.41, 5.74) is 7.40. The molecule has 1 aromatic carbocycles. The molecule has 0 aliphatic carbocycles. The molecule has 0 spiro atoms. The average molecular weight is 244 g/mol. The first-order valence-corrected chi connectivity index (χ1v) is 5.89. The van der Waals surface area contributed by atoms with Crippen molar-refractivity contribution in [2.75, 3.05) is 12.8 Å². The number of methoxy groups -OCH3 is 1. The highest BCUT2D eigenvalue weighted by atomic mass is 32.1. The predicted molar refractivity (Wildman–Crippen MR) is 70.2 cm³/mol. The monoisotopic (exact) mass is 244 g/mol. The van der Waals surface area contributed by atoms with Crippen molar-refractivity contribution in [2.24, 2.45) is 0 Å². The number of hydrogen-bond acceptors (Lipinski definition) is 4. The van der Waals surface area contributed by atoms with Gasteiger partial charge in [-0.3, -0.25) is 0 Å². The molecular formula is C13H12N2OS. The Kier molecular flexibility index (Phi) is 3.31. The van der Waals surface area contributed by atoms with Crippen LogP contribution in [-0.4, -0.2) is 12.1 Å². The summed E-state index contributed by atoms with van der Waals surface area (Å²) < 4.78 is 5.14. The lowest BCUT2D eigenvalue weighted by Crippen LogP contribution is -1.83. The first-order chi connectivity index (χ1) is 8.19. The Morgan fingerprint density at radius 3 is 2.82 bits per heavy atom.